The van der Waals surface area contributed by atoms with Crippen LogP contribution in [-0.4, -0.2) is 23.7 Å². The molecule has 82 valence electrons. The third-order valence-corrected chi connectivity index (χ3v) is 7.19. The van der Waals surface area contributed by atoms with Gasteiger partial charge in [-0.1, -0.05) is 12.2 Å². The fraction of sp³-hybridized carbons (Fsp3) is 0.800. The summed E-state index contributed by atoms with van der Waals surface area (Å²) in [5, 5.41) is 0. The van der Waals surface area contributed by atoms with Crippen molar-refractivity contribution in [2.45, 2.75) is 51.6 Å². The summed E-state index contributed by atoms with van der Waals surface area (Å²) in [5.74, 6) is 0. The van der Waals surface area contributed by atoms with E-state index in [1.165, 1.54) is 12.8 Å². The van der Waals surface area contributed by atoms with Crippen LogP contribution in [0.2, 0.25) is 26.2 Å². The predicted molar refractivity (Wildman–Crippen MR) is 65.3 cm³/mol. The molecule has 0 amide bonds. The molecule has 0 saturated carbocycles. The monoisotopic (exact) mass is 230 g/mol. The highest BCUT2D eigenvalue weighted by molar-refractivity contribution is 6.72. The predicted octanol–water partition coefficient (Wildman–Crippen LogP) is 2.81. The molecule has 0 bridgehead atoms. The maximum Gasteiger partial charge on any atom is 0.321 e. The second-order valence-electron chi connectivity index (χ2n) is 4.58. The lowest BCUT2D eigenvalue weighted by molar-refractivity contribution is 0.181. The largest absolute Gasteiger partial charge is 0.439 e. The third kappa shape index (κ3) is 4.55. The smallest absolute Gasteiger partial charge is 0.321 e. The second-order valence-corrected chi connectivity index (χ2v) is 10.7. The minimum absolute atomic E-state index is 0.318. The van der Waals surface area contributed by atoms with Gasteiger partial charge in [0.1, 0.15) is 0 Å². The first-order valence-corrected chi connectivity index (χ1v) is 11.1. The average molecular weight is 230 g/mol. The van der Waals surface area contributed by atoms with E-state index < -0.39 is 17.6 Å². The van der Waals surface area contributed by atoms with E-state index in [-0.39, 0.29) is 0 Å². The van der Waals surface area contributed by atoms with Crippen LogP contribution in [0.25, 0.3) is 0 Å². The molecule has 0 saturated heterocycles. The van der Waals surface area contributed by atoms with Gasteiger partial charge in [-0.15, -0.1) is 0 Å². The molecule has 0 spiro atoms. The Morgan fingerprint density at radius 3 is 2.57 bits per heavy atom. The van der Waals surface area contributed by atoms with Crippen LogP contribution in [-0.2, 0) is 8.54 Å². The van der Waals surface area contributed by atoms with Gasteiger partial charge in [0.25, 0.3) is 0 Å². The van der Waals surface area contributed by atoms with Crippen LogP contribution in [0.4, 0.5) is 0 Å². The van der Waals surface area contributed by atoms with Crippen LogP contribution in [0.1, 0.15) is 19.3 Å². The first-order chi connectivity index (χ1) is 6.49. The Balaban J connectivity index is 2.40. The zero-order valence-electron chi connectivity index (χ0n) is 9.75. The van der Waals surface area contributed by atoms with E-state index in [4.69, 9.17) is 8.54 Å². The normalized spacial score (nSPS) is 23.1. The van der Waals surface area contributed by atoms with E-state index in [1.54, 1.807) is 0 Å². The molecule has 0 heterocycles. The van der Waals surface area contributed by atoms with E-state index in [0.717, 1.165) is 6.42 Å². The molecule has 1 aliphatic carbocycles. The van der Waals surface area contributed by atoms with Gasteiger partial charge in [0.15, 0.2) is 9.04 Å². The first kappa shape index (κ1) is 12.2. The molecule has 1 unspecified atom stereocenters. The molecular formula is C10H22O2Si2. The van der Waals surface area contributed by atoms with E-state index in [0.29, 0.717) is 6.10 Å². The summed E-state index contributed by atoms with van der Waals surface area (Å²) in [7, 11) is -2.80. The summed E-state index contributed by atoms with van der Waals surface area (Å²) in [5.41, 5.74) is 0. The maximum atomic E-state index is 6.05. The molecule has 0 N–H and O–H groups in total. The molecule has 1 rings (SSSR count). The molecule has 0 aromatic heterocycles. The van der Waals surface area contributed by atoms with Gasteiger partial charge in [0, 0.05) is 0 Å². The van der Waals surface area contributed by atoms with Crippen molar-refractivity contribution in [3.63, 3.8) is 0 Å². The fourth-order valence-corrected chi connectivity index (χ4v) is 7.53. The number of hydrogen-bond donors (Lipinski definition) is 0. The van der Waals surface area contributed by atoms with Crippen LogP contribution >= 0.6 is 0 Å². The van der Waals surface area contributed by atoms with Crippen molar-refractivity contribution in [3.05, 3.63) is 12.2 Å². The highest BCUT2D eigenvalue weighted by atomic mass is 28.4. The Morgan fingerprint density at radius 2 is 2.07 bits per heavy atom. The molecule has 0 fully saturated rings. The average Bonchev–Trinajstić information content (AvgIpc) is 2.02. The molecule has 0 aromatic rings. The summed E-state index contributed by atoms with van der Waals surface area (Å²) in [4.78, 5) is 0. The van der Waals surface area contributed by atoms with Gasteiger partial charge in [-0.2, -0.15) is 0 Å². The van der Waals surface area contributed by atoms with E-state index in [2.05, 4.69) is 38.3 Å². The number of hydrogen-bond acceptors (Lipinski definition) is 2. The highest BCUT2D eigenvalue weighted by Crippen LogP contribution is 2.19. The first-order valence-electron chi connectivity index (χ1n) is 5.52. The molecule has 1 aliphatic rings. The zero-order chi connectivity index (χ0) is 10.6. The molecule has 14 heavy (non-hydrogen) atoms. The molecule has 4 heteroatoms. The standard InChI is InChI=1S/C10H22O2Si2/c1-13(2)12-14(3,4)11-10-8-6-5-7-9-10/h6,8,10,13H,5,7,9H2,1-4H3. The lowest BCUT2D eigenvalue weighted by Gasteiger charge is -2.30. The number of allylic oxidation sites excluding steroid dienone is 1. The summed E-state index contributed by atoms with van der Waals surface area (Å²) in [6.45, 7) is 8.72. The molecule has 0 radical (unpaired) electrons. The summed E-state index contributed by atoms with van der Waals surface area (Å²) in [6.07, 6.45) is 8.37. The van der Waals surface area contributed by atoms with Crippen LogP contribution in [0.5, 0.6) is 0 Å². The fourth-order valence-electron chi connectivity index (χ4n) is 1.84. The van der Waals surface area contributed by atoms with E-state index >= 15 is 0 Å². The summed E-state index contributed by atoms with van der Waals surface area (Å²) < 4.78 is 12.0. The Kier molecular flexibility index (Phi) is 4.56. The molecule has 2 nitrogen and oxygen atoms in total. The van der Waals surface area contributed by atoms with Crippen LogP contribution in [0.15, 0.2) is 12.2 Å². The Labute approximate surface area is 90.3 Å². The molecule has 0 aliphatic heterocycles. The van der Waals surface area contributed by atoms with Gasteiger partial charge < -0.3 is 8.54 Å². The number of rotatable bonds is 4. The Morgan fingerprint density at radius 1 is 1.36 bits per heavy atom. The van der Waals surface area contributed by atoms with Crippen molar-refractivity contribution in [3.8, 4) is 0 Å². The van der Waals surface area contributed by atoms with Crippen molar-refractivity contribution in [2.75, 3.05) is 0 Å². The van der Waals surface area contributed by atoms with Crippen molar-refractivity contribution in [2.24, 2.45) is 0 Å². The van der Waals surface area contributed by atoms with Gasteiger partial charge in [-0.25, -0.2) is 0 Å². The van der Waals surface area contributed by atoms with Crippen molar-refractivity contribution >= 4 is 17.6 Å². The quantitative estimate of drug-likeness (QED) is 0.546. The molecule has 0 aromatic carbocycles. The van der Waals surface area contributed by atoms with Crippen LogP contribution in [0, 0.1) is 0 Å². The topological polar surface area (TPSA) is 18.5 Å². The van der Waals surface area contributed by atoms with Gasteiger partial charge in [0.2, 0.25) is 0 Å². The zero-order valence-corrected chi connectivity index (χ0v) is 11.9. The van der Waals surface area contributed by atoms with E-state index in [9.17, 15) is 0 Å². The Hall–Kier alpha value is 0.0938. The van der Waals surface area contributed by atoms with Crippen LogP contribution < -0.4 is 0 Å². The third-order valence-electron chi connectivity index (χ3n) is 2.16. The highest BCUT2D eigenvalue weighted by Gasteiger charge is 2.29. The molecular weight excluding hydrogens is 208 g/mol. The SMILES string of the molecule is C[SiH](C)O[Si](C)(C)OC1C=CCCC1. The van der Waals surface area contributed by atoms with E-state index in [1.807, 2.05) is 0 Å². The van der Waals surface area contributed by atoms with Crippen molar-refractivity contribution in [1.82, 2.24) is 0 Å². The van der Waals surface area contributed by atoms with Gasteiger partial charge in [0.05, 0.1) is 6.10 Å². The van der Waals surface area contributed by atoms with Gasteiger partial charge >= 0.3 is 8.56 Å². The minimum Gasteiger partial charge on any atom is -0.439 e. The van der Waals surface area contributed by atoms with Crippen molar-refractivity contribution < 1.29 is 8.54 Å². The maximum absolute atomic E-state index is 6.05. The summed E-state index contributed by atoms with van der Waals surface area (Å²) >= 11 is 0. The lowest BCUT2D eigenvalue weighted by atomic mass is 10.1. The molecule has 1 atom stereocenters. The van der Waals surface area contributed by atoms with Crippen molar-refractivity contribution in [1.29, 1.82) is 0 Å². The van der Waals surface area contributed by atoms with Gasteiger partial charge in [-0.3, -0.25) is 0 Å². The minimum atomic E-state index is -1.84. The lowest BCUT2D eigenvalue weighted by Crippen LogP contribution is -2.42. The Bertz CT molecular complexity index is 202. The summed E-state index contributed by atoms with van der Waals surface area (Å²) in [6, 6.07) is 0. The second kappa shape index (κ2) is 5.25. The van der Waals surface area contributed by atoms with Crippen LogP contribution in [0.3, 0.4) is 0 Å². The van der Waals surface area contributed by atoms with Gasteiger partial charge in [-0.05, 0) is 45.5 Å².